The summed E-state index contributed by atoms with van der Waals surface area (Å²) in [5.74, 6) is 0. The van der Waals surface area contributed by atoms with E-state index in [9.17, 15) is 5.11 Å². The second kappa shape index (κ2) is 5.97. The van der Waals surface area contributed by atoms with E-state index in [0.29, 0.717) is 0 Å². The molecule has 3 nitrogen and oxygen atoms in total. The van der Waals surface area contributed by atoms with Gasteiger partial charge >= 0.3 is 0 Å². The van der Waals surface area contributed by atoms with Crippen LogP contribution in [0.1, 0.15) is 17.2 Å². The third kappa shape index (κ3) is 3.11. The van der Waals surface area contributed by atoms with Gasteiger partial charge in [0.1, 0.15) is 6.10 Å². The molecule has 0 spiro atoms. The molecule has 0 bridgehead atoms. The Balaban J connectivity index is 2.19. The van der Waals surface area contributed by atoms with Crippen LogP contribution in [0.4, 0.5) is 11.4 Å². The van der Waals surface area contributed by atoms with Crippen molar-refractivity contribution < 1.29 is 5.11 Å². The van der Waals surface area contributed by atoms with Crippen molar-refractivity contribution in [2.75, 3.05) is 38.0 Å². The van der Waals surface area contributed by atoms with E-state index in [0.717, 1.165) is 22.5 Å². The zero-order chi connectivity index (χ0) is 14.7. The van der Waals surface area contributed by atoms with Crippen molar-refractivity contribution in [1.82, 2.24) is 0 Å². The third-order valence-electron chi connectivity index (χ3n) is 3.45. The number of anilines is 2. The molecule has 1 N–H and O–H groups in total. The Morgan fingerprint density at radius 2 is 0.950 bits per heavy atom. The minimum atomic E-state index is -0.581. The molecular weight excluding hydrogens is 248 g/mol. The summed E-state index contributed by atoms with van der Waals surface area (Å²) >= 11 is 0. The van der Waals surface area contributed by atoms with Gasteiger partial charge in [0.2, 0.25) is 0 Å². The molecule has 0 aromatic heterocycles. The number of aliphatic hydroxyl groups excluding tert-OH is 1. The summed E-state index contributed by atoms with van der Waals surface area (Å²) in [5, 5.41) is 10.4. The van der Waals surface area contributed by atoms with Crippen molar-refractivity contribution in [1.29, 1.82) is 0 Å². The highest BCUT2D eigenvalue weighted by Crippen LogP contribution is 2.25. The summed E-state index contributed by atoms with van der Waals surface area (Å²) in [5.41, 5.74) is 4.08. The monoisotopic (exact) mass is 270 g/mol. The zero-order valence-electron chi connectivity index (χ0n) is 12.5. The number of rotatable bonds is 4. The van der Waals surface area contributed by atoms with Gasteiger partial charge in [-0.2, -0.15) is 0 Å². The standard InChI is InChI=1S/C17H22N2O/c1-18(2)15-9-5-13(6-10-15)17(20)14-7-11-16(12-8-14)19(3)4/h5-12,17,20H,1-4H3. The molecule has 2 aromatic carbocycles. The van der Waals surface area contributed by atoms with Crippen LogP contribution in [-0.2, 0) is 0 Å². The fourth-order valence-electron chi connectivity index (χ4n) is 2.10. The first-order valence-electron chi connectivity index (χ1n) is 6.71. The molecule has 0 heterocycles. The summed E-state index contributed by atoms with van der Waals surface area (Å²) in [6, 6.07) is 16.0. The minimum absolute atomic E-state index is 0.581. The maximum absolute atomic E-state index is 10.4. The number of aliphatic hydroxyl groups is 1. The summed E-state index contributed by atoms with van der Waals surface area (Å²) in [4.78, 5) is 4.09. The molecule has 20 heavy (non-hydrogen) atoms. The second-order valence-corrected chi connectivity index (χ2v) is 5.37. The van der Waals surface area contributed by atoms with Gasteiger partial charge in [-0.05, 0) is 35.4 Å². The molecule has 0 aliphatic carbocycles. The van der Waals surface area contributed by atoms with Crippen LogP contribution in [-0.4, -0.2) is 33.3 Å². The van der Waals surface area contributed by atoms with Gasteiger partial charge < -0.3 is 14.9 Å². The van der Waals surface area contributed by atoms with Gasteiger partial charge in [-0.15, -0.1) is 0 Å². The number of hydrogen-bond donors (Lipinski definition) is 1. The first-order valence-corrected chi connectivity index (χ1v) is 6.71. The van der Waals surface area contributed by atoms with Gasteiger partial charge in [-0.3, -0.25) is 0 Å². The average molecular weight is 270 g/mol. The minimum Gasteiger partial charge on any atom is -0.384 e. The summed E-state index contributed by atoms with van der Waals surface area (Å²) < 4.78 is 0. The Hall–Kier alpha value is -2.00. The molecule has 0 amide bonds. The van der Waals surface area contributed by atoms with Gasteiger partial charge in [-0.1, -0.05) is 24.3 Å². The van der Waals surface area contributed by atoms with Gasteiger partial charge in [0.25, 0.3) is 0 Å². The zero-order valence-corrected chi connectivity index (χ0v) is 12.5. The highest BCUT2D eigenvalue weighted by Gasteiger charge is 2.10. The van der Waals surface area contributed by atoms with Crippen LogP contribution in [0.3, 0.4) is 0 Å². The van der Waals surface area contributed by atoms with Crippen LogP contribution in [0.5, 0.6) is 0 Å². The predicted octanol–water partition coefficient (Wildman–Crippen LogP) is 2.90. The lowest BCUT2D eigenvalue weighted by molar-refractivity contribution is 0.220. The molecule has 0 fully saturated rings. The van der Waals surface area contributed by atoms with Crippen molar-refractivity contribution in [3.63, 3.8) is 0 Å². The highest BCUT2D eigenvalue weighted by atomic mass is 16.3. The molecule has 2 rings (SSSR count). The van der Waals surface area contributed by atoms with Crippen molar-refractivity contribution in [2.24, 2.45) is 0 Å². The molecule has 0 radical (unpaired) electrons. The highest BCUT2D eigenvalue weighted by molar-refractivity contribution is 5.49. The number of hydrogen-bond acceptors (Lipinski definition) is 3. The molecule has 0 saturated carbocycles. The first kappa shape index (κ1) is 14.4. The molecule has 0 aliphatic rings. The maximum Gasteiger partial charge on any atom is 0.104 e. The van der Waals surface area contributed by atoms with E-state index in [2.05, 4.69) is 0 Å². The van der Waals surface area contributed by atoms with Gasteiger partial charge in [-0.25, -0.2) is 0 Å². The Kier molecular flexibility index (Phi) is 4.30. The fraction of sp³-hybridized carbons (Fsp3) is 0.294. The van der Waals surface area contributed by atoms with Crippen LogP contribution in [0.25, 0.3) is 0 Å². The van der Waals surface area contributed by atoms with Crippen LogP contribution in [0, 0.1) is 0 Å². The van der Waals surface area contributed by atoms with E-state index in [1.54, 1.807) is 0 Å². The maximum atomic E-state index is 10.4. The molecule has 106 valence electrons. The normalized spacial score (nSPS) is 10.7. The quantitative estimate of drug-likeness (QED) is 0.925. The number of nitrogens with zero attached hydrogens (tertiary/aromatic N) is 2. The van der Waals surface area contributed by atoms with Crippen molar-refractivity contribution in [2.45, 2.75) is 6.10 Å². The van der Waals surface area contributed by atoms with Crippen molar-refractivity contribution >= 4 is 11.4 Å². The van der Waals surface area contributed by atoms with Crippen molar-refractivity contribution in [3.8, 4) is 0 Å². The Labute approximate surface area is 121 Å². The predicted molar refractivity (Wildman–Crippen MR) is 85.6 cm³/mol. The van der Waals surface area contributed by atoms with Crippen LogP contribution >= 0.6 is 0 Å². The summed E-state index contributed by atoms with van der Waals surface area (Å²) in [6.45, 7) is 0. The molecular formula is C17H22N2O. The van der Waals surface area contributed by atoms with Gasteiger partial charge in [0.15, 0.2) is 0 Å². The first-order chi connectivity index (χ1) is 9.49. The summed E-state index contributed by atoms with van der Waals surface area (Å²) in [6.07, 6.45) is -0.581. The lowest BCUT2D eigenvalue weighted by Gasteiger charge is -2.17. The molecule has 0 atom stereocenters. The van der Waals surface area contributed by atoms with E-state index < -0.39 is 6.10 Å². The lowest BCUT2D eigenvalue weighted by atomic mass is 10.0. The Bertz CT molecular complexity index is 493. The summed E-state index contributed by atoms with van der Waals surface area (Å²) in [7, 11) is 8.02. The smallest absolute Gasteiger partial charge is 0.104 e. The topological polar surface area (TPSA) is 26.7 Å². The van der Waals surface area contributed by atoms with E-state index in [4.69, 9.17) is 0 Å². The molecule has 0 saturated heterocycles. The number of benzene rings is 2. The Morgan fingerprint density at radius 3 is 1.20 bits per heavy atom. The van der Waals surface area contributed by atoms with E-state index >= 15 is 0 Å². The molecule has 0 aliphatic heterocycles. The average Bonchev–Trinajstić information content (AvgIpc) is 2.46. The van der Waals surface area contributed by atoms with Gasteiger partial charge in [0.05, 0.1) is 0 Å². The Morgan fingerprint density at radius 1 is 0.650 bits per heavy atom. The van der Waals surface area contributed by atoms with E-state index in [-0.39, 0.29) is 0 Å². The van der Waals surface area contributed by atoms with E-state index in [1.165, 1.54) is 0 Å². The third-order valence-corrected chi connectivity index (χ3v) is 3.45. The SMILES string of the molecule is CN(C)c1ccc(C(O)c2ccc(N(C)C)cc2)cc1. The van der Waals surface area contributed by atoms with Crippen LogP contribution < -0.4 is 9.80 Å². The molecule has 3 heteroatoms. The lowest BCUT2D eigenvalue weighted by Crippen LogP contribution is -2.09. The molecule has 2 aromatic rings. The molecule has 0 unspecified atom stereocenters. The largest absolute Gasteiger partial charge is 0.384 e. The van der Waals surface area contributed by atoms with Crippen LogP contribution in [0.2, 0.25) is 0 Å². The fourth-order valence-corrected chi connectivity index (χ4v) is 2.10. The second-order valence-electron chi connectivity index (χ2n) is 5.37. The van der Waals surface area contributed by atoms with Crippen LogP contribution in [0.15, 0.2) is 48.5 Å². The van der Waals surface area contributed by atoms with Crippen molar-refractivity contribution in [3.05, 3.63) is 59.7 Å². The van der Waals surface area contributed by atoms with Gasteiger partial charge in [0, 0.05) is 39.6 Å². The van der Waals surface area contributed by atoms with E-state index in [1.807, 2.05) is 86.5 Å².